The van der Waals surface area contributed by atoms with Crippen molar-refractivity contribution in [3.63, 3.8) is 0 Å². The van der Waals surface area contributed by atoms with E-state index in [1.165, 1.54) is 6.07 Å². The lowest BCUT2D eigenvalue weighted by atomic mass is 9.81. The molecule has 0 bridgehead atoms. The van der Waals surface area contributed by atoms with Gasteiger partial charge in [-0.05, 0) is 32.4 Å². The third-order valence-electron chi connectivity index (χ3n) is 5.10. The largest absolute Gasteiger partial charge is 0.362 e. The van der Waals surface area contributed by atoms with Crippen LogP contribution >= 0.6 is 0 Å². The average Bonchev–Trinajstić information content (AvgIpc) is 2.62. The zero-order chi connectivity index (χ0) is 17.2. The maximum Gasteiger partial charge on any atom is 0.292 e. The maximum atomic E-state index is 12.9. The van der Waals surface area contributed by atoms with Crippen LogP contribution in [0.2, 0.25) is 0 Å². The summed E-state index contributed by atoms with van der Waals surface area (Å²) < 4.78 is 0. The summed E-state index contributed by atoms with van der Waals surface area (Å²) in [5, 5.41) is 14.5. The van der Waals surface area contributed by atoms with Gasteiger partial charge in [0.25, 0.3) is 5.69 Å². The highest BCUT2D eigenvalue weighted by Crippen LogP contribution is 2.31. The van der Waals surface area contributed by atoms with Gasteiger partial charge in [-0.25, -0.2) is 0 Å². The third-order valence-corrected chi connectivity index (χ3v) is 5.10. The molecule has 1 atom stereocenters. The molecule has 7 heteroatoms. The summed E-state index contributed by atoms with van der Waals surface area (Å²) in [6, 6.07) is 6.80. The van der Waals surface area contributed by atoms with Gasteiger partial charge in [-0.15, -0.1) is 0 Å². The van der Waals surface area contributed by atoms with Crippen LogP contribution in [0.25, 0.3) is 0 Å². The number of piperazine rings is 1. The number of amides is 1. The van der Waals surface area contributed by atoms with Gasteiger partial charge in [0.05, 0.1) is 10.3 Å². The quantitative estimate of drug-likeness (QED) is 0.672. The smallest absolute Gasteiger partial charge is 0.292 e. The molecule has 0 saturated carbocycles. The van der Waals surface area contributed by atoms with Gasteiger partial charge in [0.1, 0.15) is 5.69 Å². The maximum absolute atomic E-state index is 12.9. The van der Waals surface area contributed by atoms with Gasteiger partial charge >= 0.3 is 0 Å². The minimum absolute atomic E-state index is 0.126. The lowest BCUT2D eigenvalue weighted by Crippen LogP contribution is -2.56. The Morgan fingerprint density at radius 1 is 1.25 bits per heavy atom. The van der Waals surface area contributed by atoms with Crippen LogP contribution in [0, 0.1) is 15.5 Å². The molecule has 1 amide bonds. The Morgan fingerprint density at radius 3 is 2.58 bits per heavy atom. The molecule has 7 nitrogen and oxygen atoms in total. The van der Waals surface area contributed by atoms with Crippen molar-refractivity contribution in [2.45, 2.75) is 19.8 Å². The molecule has 24 heavy (non-hydrogen) atoms. The van der Waals surface area contributed by atoms with E-state index in [-0.39, 0.29) is 21.9 Å². The van der Waals surface area contributed by atoms with Crippen LogP contribution in [0.3, 0.4) is 0 Å². The van der Waals surface area contributed by atoms with E-state index in [1.54, 1.807) is 12.1 Å². The normalized spacial score (nSPS) is 24.7. The zero-order valence-corrected chi connectivity index (χ0v) is 14.0. The predicted octanol–water partition coefficient (Wildman–Crippen LogP) is 1.63. The van der Waals surface area contributed by atoms with Gasteiger partial charge < -0.3 is 15.1 Å². The van der Waals surface area contributed by atoms with Gasteiger partial charge in [-0.3, -0.25) is 14.9 Å². The highest BCUT2D eigenvalue weighted by Gasteiger charge is 2.38. The Morgan fingerprint density at radius 2 is 1.96 bits per heavy atom. The number of anilines is 1. The van der Waals surface area contributed by atoms with E-state index < -0.39 is 0 Å². The fourth-order valence-electron chi connectivity index (χ4n) is 3.66. The Bertz CT molecular complexity index is 620. The van der Waals surface area contributed by atoms with Crippen LogP contribution in [0.5, 0.6) is 0 Å². The van der Waals surface area contributed by atoms with Crippen molar-refractivity contribution >= 4 is 17.3 Å². The van der Waals surface area contributed by atoms with Crippen molar-refractivity contribution in [1.29, 1.82) is 0 Å². The molecule has 0 aliphatic carbocycles. The number of benzene rings is 1. The molecule has 0 aromatic heterocycles. The van der Waals surface area contributed by atoms with Crippen LogP contribution in [0.4, 0.5) is 11.4 Å². The van der Waals surface area contributed by atoms with Gasteiger partial charge in [0.2, 0.25) is 5.91 Å². The molecule has 1 unspecified atom stereocenters. The van der Waals surface area contributed by atoms with Crippen molar-refractivity contribution in [1.82, 2.24) is 10.2 Å². The van der Waals surface area contributed by atoms with Crippen LogP contribution in [0.1, 0.15) is 19.8 Å². The molecular weight excluding hydrogens is 308 g/mol. The van der Waals surface area contributed by atoms with Gasteiger partial charge in [0.15, 0.2) is 0 Å². The van der Waals surface area contributed by atoms with Crippen molar-refractivity contribution in [3.8, 4) is 0 Å². The van der Waals surface area contributed by atoms with E-state index in [4.69, 9.17) is 0 Å². The molecule has 0 spiro atoms. The highest BCUT2D eigenvalue weighted by molar-refractivity contribution is 5.83. The van der Waals surface area contributed by atoms with Crippen molar-refractivity contribution in [3.05, 3.63) is 34.4 Å². The Hall–Kier alpha value is -2.15. The molecule has 2 fully saturated rings. The summed E-state index contributed by atoms with van der Waals surface area (Å²) in [5.74, 6) is 0.205. The monoisotopic (exact) mass is 332 g/mol. The summed E-state index contributed by atoms with van der Waals surface area (Å²) in [4.78, 5) is 27.6. The first-order valence-electron chi connectivity index (χ1n) is 8.50. The number of carbonyl (C=O) groups excluding carboxylic acids is 1. The summed E-state index contributed by atoms with van der Waals surface area (Å²) in [7, 11) is 0. The van der Waals surface area contributed by atoms with Gasteiger partial charge in [-0.2, -0.15) is 0 Å². The third kappa shape index (κ3) is 3.21. The molecule has 1 aromatic rings. The molecule has 2 heterocycles. The zero-order valence-electron chi connectivity index (χ0n) is 14.0. The van der Waals surface area contributed by atoms with Gasteiger partial charge in [-0.1, -0.05) is 12.1 Å². The van der Waals surface area contributed by atoms with Crippen molar-refractivity contribution in [2.75, 3.05) is 44.2 Å². The van der Waals surface area contributed by atoms with E-state index in [0.29, 0.717) is 31.9 Å². The molecule has 1 N–H and O–H groups in total. The van der Waals surface area contributed by atoms with E-state index >= 15 is 0 Å². The number of rotatable bonds is 3. The topological polar surface area (TPSA) is 78.7 Å². The van der Waals surface area contributed by atoms with Crippen molar-refractivity contribution in [2.24, 2.45) is 5.41 Å². The average molecular weight is 332 g/mol. The van der Waals surface area contributed by atoms with Crippen LogP contribution < -0.4 is 10.2 Å². The second kappa shape index (κ2) is 6.76. The molecule has 130 valence electrons. The second-order valence-corrected chi connectivity index (χ2v) is 6.87. The lowest BCUT2D eigenvalue weighted by Gasteiger charge is -2.41. The number of nitrogens with one attached hydrogen (secondary N) is 1. The molecule has 3 rings (SSSR count). The van der Waals surface area contributed by atoms with Crippen LogP contribution in [0.15, 0.2) is 24.3 Å². The fourth-order valence-corrected chi connectivity index (χ4v) is 3.66. The van der Waals surface area contributed by atoms with Crippen LogP contribution in [-0.4, -0.2) is 55.0 Å². The number of nitro groups is 1. The standard InChI is InChI=1S/C17H24N4O3/c1-17(7-4-8-18-13-17)16(22)20-11-9-19(10-12-20)14-5-2-3-6-15(14)21(23)24/h2-3,5-6,18H,4,7-13H2,1H3. The molecule has 0 radical (unpaired) electrons. The number of piperidine rings is 1. The fraction of sp³-hybridized carbons (Fsp3) is 0.588. The summed E-state index contributed by atoms with van der Waals surface area (Å²) >= 11 is 0. The van der Waals surface area contributed by atoms with Gasteiger partial charge in [0, 0.05) is 38.8 Å². The number of nitrogens with zero attached hydrogens (tertiary/aromatic N) is 3. The second-order valence-electron chi connectivity index (χ2n) is 6.87. The number of para-hydroxylation sites is 2. The Balaban J connectivity index is 1.66. The first-order chi connectivity index (χ1) is 11.5. The highest BCUT2D eigenvalue weighted by atomic mass is 16.6. The number of hydrogen-bond donors (Lipinski definition) is 1. The first kappa shape index (κ1) is 16.7. The van der Waals surface area contributed by atoms with E-state index in [2.05, 4.69) is 5.32 Å². The van der Waals surface area contributed by atoms with E-state index in [1.807, 2.05) is 22.8 Å². The predicted molar refractivity (Wildman–Crippen MR) is 92.1 cm³/mol. The summed E-state index contributed by atoms with van der Waals surface area (Å²) in [6.45, 7) is 6.22. The van der Waals surface area contributed by atoms with E-state index in [0.717, 1.165) is 25.9 Å². The first-order valence-corrected chi connectivity index (χ1v) is 8.50. The SMILES string of the molecule is CC1(C(=O)N2CCN(c3ccccc3[N+](=O)[O-])CC2)CCCNC1. The summed E-state index contributed by atoms with van der Waals surface area (Å²) in [6.07, 6.45) is 1.95. The molecular formula is C17H24N4O3. The molecule has 2 saturated heterocycles. The van der Waals surface area contributed by atoms with Crippen LogP contribution in [-0.2, 0) is 4.79 Å². The minimum Gasteiger partial charge on any atom is -0.362 e. The number of carbonyl (C=O) groups is 1. The lowest BCUT2D eigenvalue weighted by molar-refractivity contribution is -0.384. The van der Waals surface area contributed by atoms with Crippen molar-refractivity contribution < 1.29 is 9.72 Å². The Kier molecular flexibility index (Phi) is 4.71. The van der Waals surface area contributed by atoms with E-state index in [9.17, 15) is 14.9 Å². The number of nitro benzene ring substituents is 1. The molecule has 2 aliphatic rings. The minimum atomic E-state index is -0.346. The summed E-state index contributed by atoms with van der Waals surface area (Å²) in [5.41, 5.74) is 0.444. The molecule has 1 aromatic carbocycles. The number of hydrogen-bond acceptors (Lipinski definition) is 5. The Labute approximate surface area is 141 Å². The molecule has 2 aliphatic heterocycles.